The van der Waals surface area contributed by atoms with Crippen molar-refractivity contribution in [1.82, 2.24) is 34.3 Å². The zero-order chi connectivity index (χ0) is 22.1. The van der Waals surface area contributed by atoms with Gasteiger partial charge in [0, 0.05) is 57.5 Å². The summed E-state index contributed by atoms with van der Waals surface area (Å²) in [5.74, 6) is 0.469. The van der Waals surface area contributed by atoms with Gasteiger partial charge in [0.1, 0.15) is 0 Å². The van der Waals surface area contributed by atoms with Gasteiger partial charge in [-0.3, -0.25) is 19.1 Å². The number of carbonyl (C=O) groups is 2. The van der Waals surface area contributed by atoms with Crippen molar-refractivity contribution < 1.29 is 9.59 Å². The third-order valence-electron chi connectivity index (χ3n) is 5.44. The lowest BCUT2D eigenvalue weighted by Crippen LogP contribution is -2.52. The second-order valence-electron chi connectivity index (χ2n) is 7.96. The minimum Gasteiger partial charge on any atom is -0.331 e. The Kier molecular flexibility index (Phi) is 5.55. The number of hydrogen-bond donors (Lipinski definition) is 1. The number of likely N-dealkylation sites (N-methyl/N-ethyl adjacent to an activating group) is 1. The van der Waals surface area contributed by atoms with Crippen molar-refractivity contribution >= 4 is 23.3 Å². The molecule has 162 valence electrons. The molecule has 1 fully saturated rings. The van der Waals surface area contributed by atoms with Crippen molar-refractivity contribution in [3.8, 4) is 0 Å². The number of aromatic nitrogens is 4. The molecule has 0 aromatic carbocycles. The van der Waals surface area contributed by atoms with Gasteiger partial charge < -0.3 is 15.1 Å². The second-order valence-corrected chi connectivity index (χ2v) is 7.96. The monoisotopic (exact) mass is 422 g/mol. The predicted octanol–water partition coefficient (Wildman–Crippen LogP) is 1.66. The first-order chi connectivity index (χ1) is 14.8. The fourth-order valence-electron chi connectivity index (χ4n) is 3.71. The number of pyridine rings is 2. The van der Waals surface area contributed by atoms with Gasteiger partial charge in [0.25, 0.3) is 5.91 Å². The lowest BCUT2D eigenvalue weighted by molar-refractivity contribution is 0.0933. The van der Waals surface area contributed by atoms with Crippen LogP contribution in [0.5, 0.6) is 0 Å². The zero-order valence-electron chi connectivity index (χ0n) is 18.1. The van der Waals surface area contributed by atoms with Crippen molar-refractivity contribution in [2.75, 3.05) is 46.1 Å². The summed E-state index contributed by atoms with van der Waals surface area (Å²) in [7, 11) is 5.50. The maximum absolute atomic E-state index is 12.8. The number of nitrogens with zero attached hydrogens (tertiary/aromatic N) is 7. The summed E-state index contributed by atoms with van der Waals surface area (Å²) in [6.07, 6.45) is 3.40. The third kappa shape index (κ3) is 4.19. The summed E-state index contributed by atoms with van der Waals surface area (Å²) in [6, 6.07) is 6.90. The number of rotatable bonds is 3. The number of urea groups is 1. The number of piperazine rings is 1. The van der Waals surface area contributed by atoms with Gasteiger partial charge in [0.2, 0.25) is 0 Å². The lowest BCUT2D eigenvalue weighted by Gasteiger charge is -2.39. The molecular formula is C21H26N8O2. The van der Waals surface area contributed by atoms with Crippen LogP contribution in [0.4, 0.5) is 10.5 Å². The molecule has 1 aliphatic rings. The van der Waals surface area contributed by atoms with Gasteiger partial charge in [-0.2, -0.15) is 0 Å². The van der Waals surface area contributed by atoms with E-state index in [0.29, 0.717) is 35.8 Å². The van der Waals surface area contributed by atoms with E-state index in [2.05, 4.69) is 25.4 Å². The molecule has 3 aromatic heterocycles. The lowest BCUT2D eigenvalue weighted by atomic mass is 10.1. The minimum absolute atomic E-state index is 0.0281. The topological polar surface area (TPSA) is 99.0 Å². The number of hydrogen-bond acceptors (Lipinski definition) is 6. The number of amides is 3. The summed E-state index contributed by atoms with van der Waals surface area (Å²) >= 11 is 0. The largest absolute Gasteiger partial charge is 0.331 e. The fraction of sp³-hybridized carbons (Fsp3) is 0.381. The summed E-state index contributed by atoms with van der Waals surface area (Å²) < 4.78 is 1.83. The molecule has 4 rings (SSSR count). The highest BCUT2D eigenvalue weighted by Crippen LogP contribution is 2.24. The van der Waals surface area contributed by atoms with Crippen LogP contribution in [0.3, 0.4) is 0 Å². The third-order valence-corrected chi connectivity index (χ3v) is 5.44. The van der Waals surface area contributed by atoms with Crippen LogP contribution >= 0.6 is 0 Å². The molecule has 0 spiro atoms. The van der Waals surface area contributed by atoms with E-state index < -0.39 is 0 Å². The van der Waals surface area contributed by atoms with Crippen LogP contribution in [-0.4, -0.2) is 87.0 Å². The average molecular weight is 422 g/mol. The van der Waals surface area contributed by atoms with Gasteiger partial charge in [-0.05, 0) is 38.2 Å². The van der Waals surface area contributed by atoms with E-state index in [0.717, 1.165) is 12.2 Å². The smallest absolute Gasteiger partial charge is 0.319 e. The van der Waals surface area contributed by atoms with Crippen LogP contribution in [0.1, 0.15) is 27.9 Å². The van der Waals surface area contributed by atoms with Gasteiger partial charge in [0.15, 0.2) is 11.5 Å². The zero-order valence-corrected chi connectivity index (χ0v) is 18.1. The van der Waals surface area contributed by atoms with Crippen molar-refractivity contribution in [2.24, 2.45) is 0 Å². The Morgan fingerprint density at radius 3 is 2.71 bits per heavy atom. The van der Waals surface area contributed by atoms with Crippen molar-refractivity contribution in [2.45, 2.75) is 13.0 Å². The molecule has 0 radical (unpaired) electrons. The van der Waals surface area contributed by atoms with Crippen molar-refractivity contribution in [3.63, 3.8) is 0 Å². The maximum atomic E-state index is 12.8. The molecule has 0 aliphatic carbocycles. The van der Waals surface area contributed by atoms with E-state index in [1.54, 1.807) is 49.6 Å². The molecule has 10 heteroatoms. The Labute approximate surface area is 180 Å². The quantitative estimate of drug-likeness (QED) is 0.689. The standard InChI is InChI=1S/C21H26N8O2/c1-14-11-16(7-8-22-14)23-20(30)15-5-6-18-24-25-19(29(18)12-15)17-13-28(10-9-27(17)4)21(31)26(2)3/h5-8,11-12,17H,9-10,13H2,1-4H3,(H,22,23,30)/t17-/m1/s1. The van der Waals surface area contributed by atoms with Gasteiger partial charge >= 0.3 is 6.03 Å². The number of aryl methyl sites for hydroxylation is 1. The average Bonchev–Trinajstić information content (AvgIpc) is 3.16. The predicted molar refractivity (Wildman–Crippen MR) is 116 cm³/mol. The number of anilines is 1. The second kappa shape index (κ2) is 8.31. The molecule has 0 saturated carbocycles. The van der Waals surface area contributed by atoms with Crippen LogP contribution < -0.4 is 5.32 Å². The van der Waals surface area contributed by atoms with Gasteiger partial charge in [-0.15, -0.1) is 10.2 Å². The first-order valence-corrected chi connectivity index (χ1v) is 10.1. The molecule has 4 heterocycles. The van der Waals surface area contributed by atoms with E-state index in [4.69, 9.17) is 0 Å². The van der Waals surface area contributed by atoms with E-state index in [1.165, 1.54) is 0 Å². The molecule has 10 nitrogen and oxygen atoms in total. The Hall–Kier alpha value is -3.53. The van der Waals surface area contributed by atoms with Gasteiger partial charge in [0.05, 0.1) is 11.6 Å². The number of nitrogens with one attached hydrogen (secondary N) is 1. The molecular weight excluding hydrogens is 396 g/mol. The SMILES string of the molecule is Cc1cc(NC(=O)c2ccc3nnc([C@H]4CN(C(=O)N(C)C)CCN4C)n3c2)ccn1. The maximum Gasteiger partial charge on any atom is 0.319 e. The van der Waals surface area contributed by atoms with E-state index >= 15 is 0 Å². The van der Waals surface area contributed by atoms with Gasteiger partial charge in [-0.1, -0.05) is 0 Å². The van der Waals surface area contributed by atoms with Crippen molar-refractivity contribution in [1.29, 1.82) is 0 Å². The van der Waals surface area contributed by atoms with E-state index in [-0.39, 0.29) is 18.0 Å². The van der Waals surface area contributed by atoms with Crippen LogP contribution in [0.2, 0.25) is 0 Å². The Morgan fingerprint density at radius 1 is 1.16 bits per heavy atom. The summed E-state index contributed by atoms with van der Waals surface area (Å²) in [5.41, 5.74) is 2.65. The molecule has 1 atom stereocenters. The highest BCUT2D eigenvalue weighted by Gasteiger charge is 2.32. The molecule has 3 aromatic rings. The summed E-state index contributed by atoms with van der Waals surface area (Å²) in [4.78, 5) is 35.0. The Bertz CT molecular complexity index is 1130. The molecule has 1 N–H and O–H groups in total. The number of fused-ring (bicyclic) bond motifs is 1. The highest BCUT2D eigenvalue weighted by molar-refractivity contribution is 6.04. The number of carbonyl (C=O) groups excluding carboxylic acids is 2. The Balaban J connectivity index is 1.62. The highest BCUT2D eigenvalue weighted by atomic mass is 16.2. The van der Waals surface area contributed by atoms with Crippen LogP contribution in [0.25, 0.3) is 5.65 Å². The molecule has 1 aliphatic heterocycles. The molecule has 0 unspecified atom stereocenters. The summed E-state index contributed by atoms with van der Waals surface area (Å²) in [6.45, 7) is 3.75. The van der Waals surface area contributed by atoms with Crippen LogP contribution in [0, 0.1) is 6.92 Å². The van der Waals surface area contributed by atoms with Gasteiger partial charge in [-0.25, -0.2) is 4.79 Å². The normalized spacial score (nSPS) is 17.0. The first kappa shape index (κ1) is 20.7. The molecule has 31 heavy (non-hydrogen) atoms. The Morgan fingerprint density at radius 2 is 1.97 bits per heavy atom. The molecule has 3 amide bonds. The van der Waals surface area contributed by atoms with Crippen LogP contribution in [-0.2, 0) is 0 Å². The minimum atomic E-state index is -0.228. The molecule has 0 bridgehead atoms. The van der Waals surface area contributed by atoms with E-state index in [1.807, 2.05) is 29.3 Å². The summed E-state index contributed by atoms with van der Waals surface area (Å²) in [5, 5.41) is 11.5. The van der Waals surface area contributed by atoms with Crippen LogP contribution in [0.15, 0.2) is 36.7 Å². The molecule has 1 saturated heterocycles. The first-order valence-electron chi connectivity index (χ1n) is 10.1. The van der Waals surface area contributed by atoms with Crippen molar-refractivity contribution in [3.05, 3.63) is 53.7 Å². The fourth-order valence-corrected chi connectivity index (χ4v) is 3.71. The van der Waals surface area contributed by atoms with E-state index in [9.17, 15) is 9.59 Å².